The maximum Gasteiger partial charge on any atom is 0.273 e. The quantitative estimate of drug-likeness (QED) is 0.420. The molecular formula is C7H13N5O. The molecule has 0 aromatic carbocycles. The van der Waals surface area contributed by atoms with Crippen LogP contribution in [0, 0.1) is 0 Å². The zero-order valence-electron chi connectivity index (χ0n) is 7.45. The summed E-state index contributed by atoms with van der Waals surface area (Å²) in [6.07, 6.45) is 1.66. The Balaban J connectivity index is 3.14. The van der Waals surface area contributed by atoms with Gasteiger partial charge in [-0.1, -0.05) is 13.3 Å². The number of hydrogen-bond donors (Lipinski definition) is 3. The highest BCUT2D eigenvalue weighted by atomic mass is 16.1. The van der Waals surface area contributed by atoms with Gasteiger partial charge in [0.1, 0.15) is 0 Å². The van der Waals surface area contributed by atoms with Crippen LogP contribution in [0.25, 0.3) is 0 Å². The number of aromatic nitrogens is 2. The second-order valence-corrected chi connectivity index (χ2v) is 2.67. The molecule has 0 amide bonds. The molecule has 0 aliphatic rings. The van der Waals surface area contributed by atoms with Gasteiger partial charge >= 0.3 is 0 Å². The molecule has 72 valence electrons. The van der Waals surface area contributed by atoms with Gasteiger partial charge in [0.05, 0.1) is 0 Å². The van der Waals surface area contributed by atoms with Crippen molar-refractivity contribution in [2.45, 2.75) is 19.8 Å². The number of aryl methyl sites for hydroxylation is 1. The molecule has 0 fully saturated rings. The summed E-state index contributed by atoms with van der Waals surface area (Å²) in [6, 6.07) is 1.41. The molecule has 13 heavy (non-hydrogen) atoms. The van der Waals surface area contributed by atoms with E-state index in [1.807, 2.05) is 6.92 Å². The fourth-order valence-corrected chi connectivity index (χ4v) is 1.02. The number of hydrogen-bond acceptors (Lipinski definition) is 5. The normalized spacial score (nSPS) is 10.0. The number of nitrogens with zero attached hydrogens (tertiary/aromatic N) is 2. The van der Waals surface area contributed by atoms with E-state index in [4.69, 9.17) is 11.7 Å². The summed E-state index contributed by atoms with van der Waals surface area (Å²) in [5.41, 5.74) is 2.64. The Hall–Kier alpha value is -1.56. The third kappa shape index (κ3) is 1.97. The van der Waals surface area contributed by atoms with Crippen molar-refractivity contribution in [3.05, 3.63) is 22.1 Å². The Kier molecular flexibility index (Phi) is 2.86. The predicted molar refractivity (Wildman–Crippen MR) is 50.5 cm³/mol. The van der Waals surface area contributed by atoms with E-state index in [-0.39, 0.29) is 11.5 Å². The minimum Gasteiger partial charge on any atom is -0.333 e. The predicted octanol–water partition coefficient (Wildman–Crippen LogP) is -0.805. The molecule has 0 atom stereocenters. The Morgan fingerprint density at radius 2 is 2.38 bits per heavy atom. The molecule has 0 radical (unpaired) electrons. The van der Waals surface area contributed by atoms with Crippen LogP contribution in [0.2, 0.25) is 0 Å². The highest BCUT2D eigenvalue weighted by molar-refractivity contribution is 5.25. The van der Waals surface area contributed by atoms with Gasteiger partial charge in [0.25, 0.3) is 5.56 Å². The lowest BCUT2D eigenvalue weighted by molar-refractivity contribution is 0.821. The van der Waals surface area contributed by atoms with Gasteiger partial charge in [-0.25, -0.2) is 10.8 Å². The summed E-state index contributed by atoms with van der Waals surface area (Å²) in [5, 5.41) is 0. The first-order chi connectivity index (χ1) is 6.19. The molecule has 6 nitrogen and oxygen atoms in total. The second kappa shape index (κ2) is 3.90. The van der Waals surface area contributed by atoms with Crippen molar-refractivity contribution in [1.29, 1.82) is 0 Å². The van der Waals surface area contributed by atoms with Crippen LogP contribution >= 0.6 is 0 Å². The third-order valence-corrected chi connectivity index (χ3v) is 1.64. The first-order valence-electron chi connectivity index (χ1n) is 4.03. The fraction of sp³-hybridized carbons (Fsp3) is 0.429. The van der Waals surface area contributed by atoms with Gasteiger partial charge in [0.2, 0.25) is 5.95 Å². The van der Waals surface area contributed by atoms with Crippen LogP contribution in [0.4, 0.5) is 5.95 Å². The van der Waals surface area contributed by atoms with Gasteiger partial charge in [0, 0.05) is 11.8 Å². The molecular weight excluding hydrogens is 170 g/mol. The second-order valence-electron chi connectivity index (χ2n) is 2.67. The van der Waals surface area contributed by atoms with Crippen LogP contribution in [-0.2, 0) is 6.42 Å². The number of anilines is 1. The Morgan fingerprint density at radius 1 is 1.69 bits per heavy atom. The van der Waals surface area contributed by atoms with Gasteiger partial charge in [0.15, 0.2) is 0 Å². The van der Waals surface area contributed by atoms with Crippen LogP contribution in [0.15, 0.2) is 10.9 Å². The standard InChI is InChI=1S/C7H13N5O/c1-2-3-5-4-6(13)12(9)7(10-5)11-8/h4H,2-3,8-9H2,1H3,(H,10,11). The Morgan fingerprint density at radius 3 is 2.92 bits per heavy atom. The summed E-state index contributed by atoms with van der Waals surface area (Å²) in [4.78, 5) is 15.2. The summed E-state index contributed by atoms with van der Waals surface area (Å²) in [7, 11) is 0. The molecule has 0 spiro atoms. The third-order valence-electron chi connectivity index (χ3n) is 1.64. The number of nitrogens with one attached hydrogen (secondary N) is 1. The molecule has 0 aliphatic heterocycles. The molecule has 6 heteroatoms. The van der Waals surface area contributed by atoms with Crippen LogP contribution in [0.3, 0.4) is 0 Å². The summed E-state index contributed by atoms with van der Waals surface area (Å²) >= 11 is 0. The number of nitrogens with two attached hydrogens (primary N) is 2. The average molecular weight is 183 g/mol. The largest absolute Gasteiger partial charge is 0.333 e. The SMILES string of the molecule is CCCc1cc(=O)n(N)c(NN)n1. The lowest BCUT2D eigenvalue weighted by Gasteiger charge is -2.06. The van der Waals surface area contributed by atoms with Gasteiger partial charge in [-0.2, -0.15) is 4.68 Å². The number of rotatable bonds is 3. The number of nitrogen functional groups attached to an aromatic ring is 2. The minimum atomic E-state index is -0.314. The zero-order chi connectivity index (χ0) is 9.84. The van der Waals surface area contributed by atoms with E-state index in [9.17, 15) is 4.79 Å². The summed E-state index contributed by atoms with van der Waals surface area (Å²) in [5.74, 6) is 10.7. The Labute approximate surface area is 75.5 Å². The molecule has 0 unspecified atom stereocenters. The van der Waals surface area contributed by atoms with Crippen molar-refractivity contribution in [2.75, 3.05) is 11.3 Å². The first kappa shape index (κ1) is 9.53. The molecule has 0 aliphatic carbocycles. The Bertz CT molecular complexity index is 345. The van der Waals surface area contributed by atoms with Crippen LogP contribution in [0.1, 0.15) is 19.0 Å². The molecule has 0 saturated carbocycles. The van der Waals surface area contributed by atoms with Gasteiger partial charge in [-0.15, -0.1) is 0 Å². The maximum absolute atomic E-state index is 11.2. The molecule has 0 bridgehead atoms. The van der Waals surface area contributed by atoms with Crippen molar-refractivity contribution in [1.82, 2.24) is 9.66 Å². The van der Waals surface area contributed by atoms with Gasteiger partial charge in [-0.05, 0) is 6.42 Å². The topological polar surface area (TPSA) is 99.0 Å². The first-order valence-corrected chi connectivity index (χ1v) is 4.03. The van der Waals surface area contributed by atoms with Crippen LogP contribution in [0.5, 0.6) is 0 Å². The van der Waals surface area contributed by atoms with Crippen molar-refractivity contribution in [3.8, 4) is 0 Å². The van der Waals surface area contributed by atoms with E-state index < -0.39 is 0 Å². The number of hydrazine groups is 1. The van der Waals surface area contributed by atoms with Crippen molar-refractivity contribution < 1.29 is 0 Å². The zero-order valence-corrected chi connectivity index (χ0v) is 7.45. The van der Waals surface area contributed by atoms with Gasteiger partial charge in [-0.3, -0.25) is 10.2 Å². The summed E-state index contributed by atoms with van der Waals surface area (Å²) in [6.45, 7) is 2.01. The van der Waals surface area contributed by atoms with E-state index in [1.54, 1.807) is 0 Å². The smallest absolute Gasteiger partial charge is 0.273 e. The monoisotopic (exact) mass is 183 g/mol. The van der Waals surface area contributed by atoms with E-state index >= 15 is 0 Å². The van der Waals surface area contributed by atoms with E-state index in [2.05, 4.69) is 10.4 Å². The van der Waals surface area contributed by atoms with E-state index in [0.29, 0.717) is 5.69 Å². The van der Waals surface area contributed by atoms with Crippen molar-refractivity contribution in [3.63, 3.8) is 0 Å². The van der Waals surface area contributed by atoms with Gasteiger partial charge < -0.3 is 5.84 Å². The van der Waals surface area contributed by atoms with Crippen LogP contribution in [-0.4, -0.2) is 9.66 Å². The van der Waals surface area contributed by atoms with Crippen molar-refractivity contribution >= 4 is 5.95 Å². The average Bonchev–Trinajstić information content (AvgIpc) is 2.11. The van der Waals surface area contributed by atoms with Crippen LogP contribution < -0.4 is 22.7 Å². The highest BCUT2D eigenvalue weighted by Gasteiger charge is 2.03. The maximum atomic E-state index is 11.2. The summed E-state index contributed by atoms with van der Waals surface area (Å²) < 4.78 is 0.874. The molecule has 5 N–H and O–H groups in total. The molecule has 1 heterocycles. The molecule has 1 rings (SSSR count). The molecule has 1 aromatic rings. The highest BCUT2D eigenvalue weighted by Crippen LogP contribution is 1.99. The van der Waals surface area contributed by atoms with E-state index in [1.165, 1.54) is 6.07 Å². The molecule has 0 saturated heterocycles. The fourth-order valence-electron chi connectivity index (χ4n) is 1.02. The van der Waals surface area contributed by atoms with Crippen molar-refractivity contribution in [2.24, 2.45) is 5.84 Å². The minimum absolute atomic E-state index is 0.177. The lowest BCUT2D eigenvalue weighted by Crippen LogP contribution is -2.32. The molecule has 1 aromatic heterocycles. The lowest BCUT2D eigenvalue weighted by atomic mass is 10.2. The van der Waals surface area contributed by atoms with E-state index in [0.717, 1.165) is 17.5 Å².